The van der Waals surface area contributed by atoms with Crippen molar-refractivity contribution in [1.82, 2.24) is 0 Å². The van der Waals surface area contributed by atoms with Gasteiger partial charge in [-0.15, -0.1) is 0 Å². The van der Waals surface area contributed by atoms with Gasteiger partial charge in [0.1, 0.15) is 0 Å². The van der Waals surface area contributed by atoms with Crippen LogP contribution < -0.4 is 0 Å². The van der Waals surface area contributed by atoms with Gasteiger partial charge in [0.2, 0.25) is 0 Å². The van der Waals surface area contributed by atoms with E-state index in [1.165, 1.54) is 0 Å². The standard InChI is InChI=1S/C34H45F3O4S2/c1-31(2,3)24-10-16-27(17-11-24)42(28-18-12-25(13-19-28)32(4,5)6,29-20-14-26(15-21-29)33(7,8)9)41-43(39,40)34(36,37)30(35)22-23-38/h10-21,30,38H,22-23H2,1-9H3. The van der Waals surface area contributed by atoms with Crippen LogP contribution in [0.1, 0.15) is 85.4 Å². The van der Waals surface area contributed by atoms with E-state index in [0.29, 0.717) is 14.7 Å². The third-order valence-corrected chi connectivity index (χ3v) is 12.7. The lowest BCUT2D eigenvalue weighted by Crippen LogP contribution is -2.41. The Morgan fingerprint density at radius 1 is 0.628 bits per heavy atom. The predicted octanol–water partition coefficient (Wildman–Crippen LogP) is 9.44. The summed E-state index contributed by atoms with van der Waals surface area (Å²) in [6.07, 6.45) is -4.21. The molecule has 9 heteroatoms. The van der Waals surface area contributed by atoms with Gasteiger partial charge in [-0.3, -0.25) is 0 Å². The molecule has 3 rings (SSSR count). The summed E-state index contributed by atoms with van der Waals surface area (Å²) in [6.45, 7) is 17.3. The number of hydrogen-bond donors (Lipinski definition) is 1. The lowest BCUT2D eigenvalue weighted by molar-refractivity contribution is -0.0111. The van der Waals surface area contributed by atoms with Crippen LogP contribution in [0.4, 0.5) is 13.2 Å². The molecule has 3 aromatic carbocycles. The van der Waals surface area contributed by atoms with Gasteiger partial charge in [0.25, 0.3) is 0 Å². The van der Waals surface area contributed by atoms with Crippen molar-refractivity contribution < 1.29 is 30.3 Å². The van der Waals surface area contributed by atoms with Gasteiger partial charge < -0.3 is 5.11 Å². The molecule has 0 aromatic heterocycles. The van der Waals surface area contributed by atoms with Gasteiger partial charge >= 0.3 is 15.4 Å². The minimum Gasteiger partial charge on any atom is -0.396 e. The van der Waals surface area contributed by atoms with Gasteiger partial charge in [-0.1, -0.05) is 98.7 Å². The average Bonchev–Trinajstić information content (AvgIpc) is 2.90. The van der Waals surface area contributed by atoms with Gasteiger partial charge in [-0.05, 0) is 79.6 Å². The van der Waals surface area contributed by atoms with Crippen molar-refractivity contribution >= 4 is 20.4 Å². The summed E-state index contributed by atoms with van der Waals surface area (Å²) in [5, 5.41) is 4.20. The Balaban J connectivity index is 2.43. The molecule has 0 heterocycles. The van der Waals surface area contributed by atoms with Crippen molar-refractivity contribution in [3.05, 3.63) is 89.5 Å². The van der Waals surface area contributed by atoms with E-state index in [9.17, 15) is 12.8 Å². The molecule has 0 aliphatic rings. The number of aliphatic hydroxyl groups is 1. The molecule has 238 valence electrons. The summed E-state index contributed by atoms with van der Waals surface area (Å²) >= 11 is 0. The fourth-order valence-corrected chi connectivity index (χ4v) is 9.77. The Morgan fingerprint density at radius 3 is 1.14 bits per heavy atom. The van der Waals surface area contributed by atoms with E-state index in [-0.39, 0.29) is 16.2 Å². The van der Waals surface area contributed by atoms with E-state index in [4.69, 9.17) is 8.74 Å². The van der Waals surface area contributed by atoms with Gasteiger partial charge in [0.05, 0.1) is 0 Å². The van der Waals surface area contributed by atoms with Crippen LogP contribution in [-0.4, -0.2) is 31.6 Å². The lowest BCUT2D eigenvalue weighted by atomic mass is 9.87. The summed E-state index contributed by atoms with van der Waals surface area (Å²) < 4.78 is 78.1. The molecule has 0 saturated heterocycles. The summed E-state index contributed by atoms with van der Waals surface area (Å²) in [6, 6.07) is 21.3. The average molecular weight is 639 g/mol. The van der Waals surface area contributed by atoms with Crippen LogP contribution in [0.15, 0.2) is 87.5 Å². The smallest absolute Gasteiger partial charge is 0.396 e. The quantitative estimate of drug-likeness (QED) is 0.254. The van der Waals surface area contributed by atoms with Crippen LogP contribution in [0.25, 0.3) is 0 Å². The van der Waals surface area contributed by atoms with E-state index < -0.39 is 44.9 Å². The monoisotopic (exact) mass is 638 g/mol. The molecule has 0 aliphatic carbocycles. The van der Waals surface area contributed by atoms with E-state index >= 15 is 8.78 Å². The second kappa shape index (κ2) is 12.2. The zero-order valence-corrected chi connectivity index (χ0v) is 28.2. The van der Waals surface area contributed by atoms with E-state index in [0.717, 1.165) is 16.7 Å². The van der Waals surface area contributed by atoms with Gasteiger partial charge in [0, 0.05) is 27.7 Å². The van der Waals surface area contributed by atoms with Crippen LogP contribution in [0.3, 0.4) is 0 Å². The maximum absolute atomic E-state index is 15.3. The van der Waals surface area contributed by atoms with Crippen LogP contribution in [-0.2, 0) is 30.0 Å². The highest BCUT2D eigenvalue weighted by Crippen LogP contribution is 2.71. The van der Waals surface area contributed by atoms with Crippen molar-refractivity contribution in [3.8, 4) is 0 Å². The minimum atomic E-state index is -5.88. The van der Waals surface area contributed by atoms with Gasteiger partial charge in [-0.2, -0.15) is 17.2 Å². The topological polar surface area (TPSA) is 63.6 Å². The second-order valence-corrected chi connectivity index (χ2v) is 18.5. The molecule has 4 nitrogen and oxygen atoms in total. The van der Waals surface area contributed by atoms with E-state index in [1.54, 1.807) is 36.4 Å². The molecule has 43 heavy (non-hydrogen) atoms. The summed E-state index contributed by atoms with van der Waals surface area (Å²) in [7, 11) is -9.29. The predicted molar refractivity (Wildman–Crippen MR) is 169 cm³/mol. The maximum Gasteiger partial charge on any atom is 0.401 e. The highest BCUT2D eigenvalue weighted by Gasteiger charge is 2.57. The Hall–Kier alpha value is -2.33. The Kier molecular flexibility index (Phi) is 9.99. The number of aliphatic hydroxyl groups excluding tert-OH is 1. The van der Waals surface area contributed by atoms with Gasteiger partial charge in [-0.25, -0.2) is 8.02 Å². The molecule has 1 atom stereocenters. The lowest BCUT2D eigenvalue weighted by Gasteiger charge is -2.41. The minimum absolute atomic E-state index is 0.231. The van der Waals surface area contributed by atoms with Crippen LogP contribution in [0.5, 0.6) is 0 Å². The maximum atomic E-state index is 15.3. The Bertz CT molecular complexity index is 1340. The molecule has 3 aromatic rings. The van der Waals surface area contributed by atoms with Crippen molar-refractivity contribution in [2.45, 2.75) is 111 Å². The SMILES string of the molecule is CC(C)(C)c1ccc(S(OS(=O)(=O)C(F)(F)C(F)CCO)(c2ccc(C(C)(C)C)cc2)c2ccc(C(C)(C)C)cc2)cc1. The third kappa shape index (κ3) is 7.32. The molecule has 0 radical (unpaired) electrons. The van der Waals surface area contributed by atoms with Crippen LogP contribution >= 0.6 is 10.3 Å². The first-order valence-corrected chi connectivity index (χ1v) is 17.3. The number of halogens is 3. The fourth-order valence-electron chi connectivity index (χ4n) is 4.58. The molecule has 0 saturated carbocycles. The first-order chi connectivity index (χ1) is 19.6. The molecule has 1 N–H and O–H groups in total. The highest BCUT2D eigenvalue weighted by atomic mass is 32.3. The number of rotatable bonds is 9. The number of alkyl halides is 3. The first kappa shape index (κ1) is 35.2. The van der Waals surface area contributed by atoms with Crippen molar-refractivity contribution in [1.29, 1.82) is 0 Å². The zero-order valence-electron chi connectivity index (χ0n) is 26.5. The van der Waals surface area contributed by atoms with Crippen LogP contribution in [0, 0.1) is 0 Å². The summed E-state index contributed by atoms with van der Waals surface area (Å²) in [5.41, 5.74) is 2.17. The molecule has 1 unspecified atom stereocenters. The van der Waals surface area contributed by atoms with Crippen LogP contribution in [0.2, 0.25) is 0 Å². The molecule has 0 bridgehead atoms. The zero-order chi connectivity index (χ0) is 32.6. The fraction of sp³-hybridized carbons (Fsp3) is 0.471. The normalized spacial score (nSPS) is 14.9. The van der Waals surface area contributed by atoms with Crippen molar-refractivity contribution in [3.63, 3.8) is 0 Å². The van der Waals surface area contributed by atoms with Crippen molar-refractivity contribution in [2.24, 2.45) is 0 Å². The molecule has 0 fully saturated rings. The number of benzene rings is 3. The van der Waals surface area contributed by atoms with Crippen molar-refractivity contribution in [2.75, 3.05) is 6.61 Å². The molecule has 0 spiro atoms. The molecular weight excluding hydrogens is 593 g/mol. The second-order valence-electron chi connectivity index (χ2n) is 13.9. The molecular formula is C34H45F3O4S2. The van der Waals surface area contributed by atoms with E-state index in [2.05, 4.69) is 0 Å². The largest absolute Gasteiger partial charge is 0.401 e. The van der Waals surface area contributed by atoms with Gasteiger partial charge in [0.15, 0.2) is 6.17 Å². The molecule has 0 aliphatic heterocycles. The third-order valence-electron chi connectivity index (χ3n) is 7.43. The van der Waals surface area contributed by atoms with E-state index in [1.807, 2.05) is 98.7 Å². The number of hydrogen-bond acceptors (Lipinski definition) is 4. The Morgan fingerprint density at radius 2 is 0.907 bits per heavy atom. The summed E-state index contributed by atoms with van der Waals surface area (Å²) in [5.74, 6) is 0. The Labute approximate surface area is 257 Å². The molecule has 0 amide bonds. The first-order valence-electron chi connectivity index (χ1n) is 14.3. The summed E-state index contributed by atoms with van der Waals surface area (Å²) in [4.78, 5) is 1.10. The highest BCUT2D eigenvalue weighted by molar-refractivity contribution is 8.33.